The molecule has 1 unspecified atom stereocenters. The van der Waals surface area contributed by atoms with Crippen molar-refractivity contribution >= 4 is 28.9 Å². The van der Waals surface area contributed by atoms with Gasteiger partial charge in [-0.3, -0.25) is 4.90 Å². The number of fused-ring (bicyclic) bond motifs is 1. The minimum Gasteiger partial charge on any atom is -0.475 e. The first-order valence-electron chi connectivity index (χ1n) is 8.90. The number of morpholine rings is 1. The normalized spacial score (nSPS) is 18.3. The quantitative estimate of drug-likeness (QED) is 0.584. The first kappa shape index (κ1) is 18.7. The number of ether oxygens (including phenoxy) is 2. The second-order valence-corrected chi connectivity index (χ2v) is 8.39. The molecule has 1 saturated heterocycles. The Morgan fingerprint density at radius 1 is 1.37 bits per heavy atom. The van der Waals surface area contributed by atoms with Crippen molar-refractivity contribution in [2.45, 2.75) is 31.7 Å². The number of thiophene rings is 1. The van der Waals surface area contributed by atoms with Gasteiger partial charge in [0, 0.05) is 36.3 Å². The number of aromatic nitrogens is 4. The van der Waals surface area contributed by atoms with Gasteiger partial charge in [-0.25, -0.2) is 4.98 Å². The maximum atomic E-state index is 6.07. The predicted molar refractivity (Wildman–Crippen MR) is 107 cm³/mol. The molecule has 27 heavy (non-hydrogen) atoms. The zero-order valence-electron chi connectivity index (χ0n) is 15.7. The molecule has 0 bridgehead atoms. The molecular formula is C18H23N5O2S2. The topological polar surface area (TPSA) is 64.8 Å². The summed E-state index contributed by atoms with van der Waals surface area (Å²) < 4.78 is 13.6. The van der Waals surface area contributed by atoms with E-state index in [2.05, 4.69) is 38.3 Å². The lowest BCUT2D eigenvalue weighted by molar-refractivity contribution is -0.0511. The Morgan fingerprint density at radius 3 is 3.04 bits per heavy atom. The van der Waals surface area contributed by atoms with Gasteiger partial charge in [-0.15, -0.1) is 16.4 Å². The molecule has 4 rings (SSSR count). The molecule has 3 aromatic heterocycles. The monoisotopic (exact) mass is 405 g/mol. The summed E-state index contributed by atoms with van der Waals surface area (Å²) in [6, 6.07) is 4.07. The fourth-order valence-electron chi connectivity index (χ4n) is 3.10. The average Bonchev–Trinajstić information content (AvgIpc) is 3.26. The molecule has 9 heteroatoms. The van der Waals surface area contributed by atoms with E-state index in [0.717, 1.165) is 31.9 Å². The Kier molecular flexibility index (Phi) is 5.63. The first-order valence-corrected chi connectivity index (χ1v) is 11.0. The zero-order valence-corrected chi connectivity index (χ0v) is 17.3. The van der Waals surface area contributed by atoms with E-state index in [1.807, 2.05) is 30.6 Å². The number of rotatable bonds is 6. The van der Waals surface area contributed by atoms with Crippen molar-refractivity contribution in [1.82, 2.24) is 24.5 Å². The van der Waals surface area contributed by atoms with Crippen molar-refractivity contribution in [1.29, 1.82) is 0 Å². The van der Waals surface area contributed by atoms with Gasteiger partial charge in [-0.05, 0) is 37.1 Å². The molecule has 0 spiro atoms. The summed E-state index contributed by atoms with van der Waals surface area (Å²) in [4.78, 5) is 12.7. The van der Waals surface area contributed by atoms with Gasteiger partial charge in [-0.1, -0.05) is 11.8 Å². The number of hydrogen-bond acceptors (Lipinski definition) is 8. The molecule has 1 atom stereocenters. The fourth-order valence-corrected chi connectivity index (χ4v) is 4.38. The molecule has 0 amide bonds. The summed E-state index contributed by atoms with van der Waals surface area (Å²) in [6.07, 6.45) is 1.98. The van der Waals surface area contributed by atoms with E-state index in [9.17, 15) is 0 Å². The Hall–Kier alpha value is -1.68. The molecule has 0 N–H and O–H groups in total. The summed E-state index contributed by atoms with van der Waals surface area (Å²) >= 11 is 3.31. The minimum atomic E-state index is 0.0334. The van der Waals surface area contributed by atoms with Gasteiger partial charge >= 0.3 is 0 Å². The molecule has 0 saturated carbocycles. The number of nitrogens with zero attached hydrogens (tertiary/aromatic N) is 5. The highest BCUT2D eigenvalue weighted by Crippen LogP contribution is 2.21. The van der Waals surface area contributed by atoms with Crippen molar-refractivity contribution in [3.05, 3.63) is 33.6 Å². The Bertz CT molecular complexity index is 926. The molecule has 3 aromatic rings. The summed E-state index contributed by atoms with van der Waals surface area (Å²) in [5, 5.41) is 7.28. The summed E-state index contributed by atoms with van der Waals surface area (Å²) in [5.74, 6) is 1.22. The molecule has 7 nitrogen and oxygen atoms in total. The highest BCUT2D eigenvalue weighted by Gasteiger charge is 2.22. The second-order valence-electron chi connectivity index (χ2n) is 6.61. The lowest BCUT2D eigenvalue weighted by Crippen LogP contribution is -2.44. The van der Waals surface area contributed by atoms with Gasteiger partial charge in [0.25, 0.3) is 5.78 Å². The van der Waals surface area contributed by atoms with Crippen molar-refractivity contribution in [2.75, 3.05) is 32.6 Å². The van der Waals surface area contributed by atoms with Gasteiger partial charge in [0.2, 0.25) is 11.0 Å². The van der Waals surface area contributed by atoms with Crippen LogP contribution in [0.3, 0.4) is 0 Å². The summed E-state index contributed by atoms with van der Waals surface area (Å²) in [7, 11) is 0. The molecule has 0 radical (unpaired) electrons. The maximum absolute atomic E-state index is 6.07. The molecule has 4 heterocycles. The van der Waals surface area contributed by atoms with E-state index >= 15 is 0 Å². The summed E-state index contributed by atoms with van der Waals surface area (Å²) in [5.41, 5.74) is 2.22. The number of aryl methyl sites for hydroxylation is 2. The van der Waals surface area contributed by atoms with Crippen molar-refractivity contribution in [3.63, 3.8) is 0 Å². The second kappa shape index (κ2) is 8.14. The third-order valence-electron chi connectivity index (χ3n) is 4.55. The third kappa shape index (κ3) is 4.26. The van der Waals surface area contributed by atoms with Gasteiger partial charge in [0.1, 0.15) is 12.7 Å². The molecular weight excluding hydrogens is 382 g/mol. The van der Waals surface area contributed by atoms with Gasteiger partial charge in [-0.2, -0.15) is 9.50 Å². The van der Waals surface area contributed by atoms with Crippen LogP contribution in [0.5, 0.6) is 5.88 Å². The van der Waals surface area contributed by atoms with E-state index in [0.29, 0.717) is 23.4 Å². The largest absolute Gasteiger partial charge is 0.475 e. The molecule has 144 valence electrons. The van der Waals surface area contributed by atoms with Crippen LogP contribution in [-0.2, 0) is 11.3 Å². The molecule has 1 aliphatic heterocycles. The van der Waals surface area contributed by atoms with Crippen molar-refractivity contribution in [3.8, 4) is 5.88 Å². The third-order valence-corrected chi connectivity index (χ3v) is 6.09. The van der Waals surface area contributed by atoms with Crippen LogP contribution >= 0.6 is 23.1 Å². The Balaban J connectivity index is 1.41. The van der Waals surface area contributed by atoms with E-state index in [-0.39, 0.29) is 6.10 Å². The average molecular weight is 406 g/mol. The van der Waals surface area contributed by atoms with Gasteiger partial charge in [0.15, 0.2) is 0 Å². The van der Waals surface area contributed by atoms with Crippen LogP contribution in [0.1, 0.15) is 16.1 Å². The lowest BCUT2D eigenvalue weighted by Gasteiger charge is -2.32. The highest BCUT2D eigenvalue weighted by molar-refractivity contribution is 7.98. The molecule has 1 fully saturated rings. The molecule has 0 aliphatic carbocycles. The van der Waals surface area contributed by atoms with E-state index in [1.54, 1.807) is 4.52 Å². The lowest BCUT2D eigenvalue weighted by atomic mass is 10.2. The van der Waals surface area contributed by atoms with Crippen LogP contribution in [-0.4, -0.2) is 63.1 Å². The van der Waals surface area contributed by atoms with Crippen molar-refractivity contribution < 1.29 is 9.47 Å². The van der Waals surface area contributed by atoms with Crippen LogP contribution in [0.2, 0.25) is 0 Å². The van der Waals surface area contributed by atoms with Crippen LogP contribution in [0.15, 0.2) is 22.7 Å². The first-order chi connectivity index (χ1) is 13.1. The molecule has 0 aromatic carbocycles. The van der Waals surface area contributed by atoms with Crippen LogP contribution < -0.4 is 4.74 Å². The van der Waals surface area contributed by atoms with Crippen LogP contribution in [0.4, 0.5) is 0 Å². The van der Waals surface area contributed by atoms with Crippen LogP contribution in [0, 0.1) is 13.8 Å². The van der Waals surface area contributed by atoms with E-state index < -0.39 is 0 Å². The van der Waals surface area contributed by atoms with E-state index in [4.69, 9.17) is 9.47 Å². The Labute approximate surface area is 166 Å². The highest BCUT2D eigenvalue weighted by atomic mass is 32.2. The summed E-state index contributed by atoms with van der Waals surface area (Å²) in [6.45, 7) is 8.09. The van der Waals surface area contributed by atoms with E-state index in [1.165, 1.54) is 22.2 Å². The predicted octanol–water partition coefficient (Wildman–Crippen LogP) is 2.80. The standard InChI is InChI=1S/C18H23N5O2S2/c1-12-4-7-27-15(12)10-22-5-6-24-14(9-22)11-25-16-8-13(2)19-17-20-18(26-3)21-23(16)17/h4,7-8,14H,5-6,9-11H2,1-3H3. The minimum absolute atomic E-state index is 0.0334. The van der Waals surface area contributed by atoms with Gasteiger partial charge in [0.05, 0.1) is 6.61 Å². The maximum Gasteiger partial charge on any atom is 0.256 e. The Morgan fingerprint density at radius 2 is 2.26 bits per heavy atom. The number of hydrogen-bond donors (Lipinski definition) is 0. The number of thioether (sulfide) groups is 1. The zero-order chi connectivity index (χ0) is 18.8. The fraction of sp³-hybridized carbons (Fsp3) is 0.500. The molecule has 1 aliphatic rings. The van der Waals surface area contributed by atoms with Crippen molar-refractivity contribution in [2.24, 2.45) is 0 Å². The van der Waals surface area contributed by atoms with Gasteiger partial charge < -0.3 is 9.47 Å². The smallest absolute Gasteiger partial charge is 0.256 e. The van der Waals surface area contributed by atoms with Crippen LogP contribution in [0.25, 0.3) is 5.78 Å². The SMILES string of the molecule is CSc1nc2nc(C)cc(OCC3CN(Cc4sccc4C)CCO3)n2n1.